The molecule has 1 saturated carbocycles. The van der Waals surface area contributed by atoms with Crippen molar-refractivity contribution in [2.75, 3.05) is 13.6 Å². The van der Waals surface area contributed by atoms with Crippen molar-refractivity contribution in [2.45, 2.75) is 46.5 Å². The number of aryl methyl sites for hydroxylation is 2. The second-order valence-electron chi connectivity index (χ2n) is 7.09. The Morgan fingerprint density at radius 2 is 2.16 bits per heavy atom. The van der Waals surface area contributed by atoms with E-state index in [2.05, 4.69) is 56.0 Å². The van der Waals surface area contributed by atoms with Gasteiger partial charge in [0.15, 0.2) is 0 Å². The van der Waals surface area contributed by atoms with Crippen LogP contribution < -0.4 is 5.32 Å². The van der Waals surface area contributed by atoms with E-state index in [0.717, 1.165) is 24.1 Å². The molecule has 2 unspecified atom stereocenters. The molecule has 1 heterocycles. The number of aromatic nitrogens is 2. The Hall–Kier alpha value is -0.830. The fraction of sp³-hybridized carbons (Fsp3) is 0.812. The molecule has 2 rings (SSSR count). The quantitative estimate of drug-likeness (QED) is 0.905. The summed E-state index contributed by atoms with van der Waals surface area (Å²) >= 11 is 0. The lowest BCUT2D eigenvalue weighted by Gasteiger charge is -2.41. The highest BCUT2D eigenvalue weighted by molar-refractivity contribution is 5.10. The first-order valence-electron chi connectivity index (χ1n) is 7.55. The molecule has 0 saturated heterocycles. The Labute approximate surface area is 117 Å². The molecule has 19 heavy (non-hydrogen) atoms. The molecular weight excluding hydrogens is 234 g/mol. The minimum atomic E-state index is 0.503. The van der Waals surface area contributed by atoms with Gasteiger partial charge in [-0.25, -0.2) is 0 Å². The highest BCUT2D eigenvalue weighted by atomic mass is 15.3. The fourth-order valence-electron chi connectivity index (χ4n) is 3.68. The first-order chi connectivity index (χ1) is 8.91. The van der Waals surface area contributed by atoms with Gasteiger partial charge in [-0.2, -0.15) is 5.10 Å². The lowest BCUT2D eigenvalue weighted by molar-refractivity contribution is 0.116. The topological polar surface area (TPSA) is 29.9 Å². The summed E-state index contributed by atoms with van der Waals surface area (Å²) in [6.45, 7) is 8.07. The van der Waals surface area contributed by atoms with E-state index in [0.29, 0.717) is 5.41 Å². The highest BCUT2D eigenvalue weighted by Gasteiger charge is 2.34. The summed E-state index contributed by atoms with van der Waals surface area (Å²) in [7, 11) is 4.15. The highest BCUT2D eigenvalue weighted by Crippen LogP contribution is 2.42. The molecule has 1 aliphatic rings. The second kappa shape index (κ2) is 5.66. The summed E-state index contributed by atoms with van der Waals surface area (Å²) in [5.74, 6) is 1.60. The zero-order valence-corrected chi connectivity index (χ0v) is 13.2. The van der Waals surface area contributed by atoms with Crippen molar-refractivity contribution in [3.05, 3.63) is 17.5 Å². The Balaban J connectivity index is 2.11. The van der Waals surface area contributed by atoms with E-state index < -0.39 is 0 Å². The molecule has 0 spiro atoms. The number of hydrogen-bond donors (Lipinski definition) is 1. The molecule has 0 aliphatic heterocycles. The van der Waals surface area contributed by atoms with Crippen LogP contribution in [0.1, 0.15) is 44.5 Å². The maximum atomic E-state index is 4.48. The molecule has 1 N–H and O–H groups in total. The van der Waals surface area contributed by atoms with Crippen LogP contribution in [0.2, 0.25) is 0 Å². The molecule has 0 amide bonds. The molecule has 0 bridgehead atoms. The van der Waals surface area contributed by atoms with Crippen molar-refractivity contribution < 1.29 is 0 Å². The van der Waals surface area contributed by atoms with E-state index in [-0.39, 0.29) is 0 Å². The third-order valence-electron chi connectivity index (χ3n) is 4.71. The molecular formula is C16H29N3. The molecule has 1 aromatic rings. The van der Waals surface area contributed by atoms with Crippen LogP contribution in [-0.2, 0) is 13.5 Å². The second-order valence-corrected chi connectivity index (χ2v) is 7.09. The molecule has 0 radical (unpaired) electrons. The third-order valence-corrected chi connectivity index (χ3v) is 4.71. The average molecular weight is 263 g/mol. The molecule has 3 nitrogen and oxygen atoms in total. The van der Waals surface area contributed by atoms with Crippen LogP contribution >= 0.6 is 0 Å². The summed E-state index contributed by atoms with van der Waals surface area (Å²) in [5.41, 5.74) is 3.03. The molecule has 2 atom stereocenters. The van der Waals surface area contributed by atoms with Crippen molar-refractivity contribution in [3.8, 4) is 0 Å². The van der Waals surface area contributed by atoms with Crippen molar-refractivity contribution >= 4 is 0 Å². The molecule has 108 valence electrons. The normalized spacial score (nSPS) is 26.6. The smallest absolute Gasteiger partial charge is 0.0596 e. The van der Waals surface area contributed by atoms with E-state index in [9.17, 15) is 0 Å². The van der Waals surface area contributed by atoms with Gasteiger partial charge in [0.2, 0.25) is 0 Å². The molecule has 1 aliphatic carbocycles. The maximum Gasteiger partial charge on any atom is 0.0596 e. The maximum absolute atomic E-state index is 4.48. The number of hydrogen-bond acceptors (Lipinski definition) is 2. The number of nitrogens with one attached hydrogen (secondary N) is 1. The van der Waals surface area contributed by atoms with Gasteiger partial charge < -0.3 is 5.32 Å². The zero-order chi connectivity index (χ0) is 14.0. The van der Waals surface area contributed by atoms with Gasteiger partial charge in [0.1, 0.15) is 0 Å². The van der Waals surface area contributed by atoms with Crippen molar-refractivity contribution in [2.24, 2.45) is 24.3 Å². The Morgan fingerprint density at radius 1 is 1.42 bits per heavy atom. The number of nitrogens with zero attached hydrogens (tertiary/aromatic N) is 2. The Kier molecular flexibility index (Phi) is 4.34. The average Bonchev–Trinajstić information content (AvgIpc) is 2.61. The van der Waals surface area contributed by atoms with Crippen LogP contribution in [0.15, 0.2) is 6.07 Å². The predicted molar refractivity (Wildman–Crippen MR) is 80.2 cm³/mol. The Bertz CT molecular complexity index is 420. The van der Waals surface area contributed by atoms with Crippen LogP contribution in [0.5, 0.6) is 0 Å². The van der Waals surface area contributed by atoms with Crippen LogP contribution in [0.4, 0.5) is 0 Å². The van der Waals surface area contributed by atoms with Gasteiger partial charge in [-0.05, 0) is 69.5 Å². The van der Waals surface area contributed by atoms with Crippen molar-refractivity contribution in [1.82, 2.24) is 15.1 Å². The summed E-state index contributed by atoms with van der Waals surface area (Å²) in [5, 5.41) is 7.86. The van der Waals surface area contributed by atoms with Gasteiger partial charge in [0, 0.05) is 12.7 Å². The molecule has 0 aromatic carbocycles. The van der Waals surface area contributed by atoms with Gasteiger partial charge in [-0.15, -0.1) is 0 Å². The van der Waals surface area contributed by atoms with Gasteiger partial charge in [0.05, 0.1) is 5.69 Å². The SMILES string of the molecule is CNCC1CCC(C)(C)CC1Cc1cc(C)nn1C. The van der Waals surface area contributed by atoms with E-state index >= 15 is 0 Å². The first kappa shape index (κ1) is 14.6. The lowest BCUT2D eigenvalue weighted by Crippen LogP contribution is -2.36. The summed E-state index contributed by atoms with van der Waals surface area (Å²) in [6, 6.07) is 2.25. The third kappa shape index (κ3) is 3.59. The van der Waals surface area contributed by atoms with E-state index in [4.69, 9.17) is 0 Å². The minimum absolute atomic E-state index is 0.503. The summed E-state index contributed by atoms with van der Waals surface area (Å²) in [6.07, 6.45) is 5.23. The Morgan fingerprint density at radius 3 is 2.74 bits per heavy atom. The largest absolute Gasteiger partial charge is 0.319 e. The van der Waals surface area contributed by atoms with Crippen molar-refractivity contribution in [3.63, 3.8) is 0 Å². The first-order valence-corrected chi connectivity index (χ1v) is 7.55. The number of rotatable bonds is 4. The predicted octanol–water partition coefficient (Wildman–Crippen LogP) is 2.93. The fourth-order valence-corrected chi connectivity index (χ4v) is 3.68. The lowest BCUT2D eigenvalue weighted by atomic mass is 9.66. The molecule has 3 heteroatoms. The summed E-state index contributed by atoms with van der Waals surface area (Å²) in [4.78, 5) is 0. The monoisotopic (exact) mass is 263 g/mol. The van der Waals surface area contributed by atoms with E-state index in [1.807, 2.05) is 0 Å². The standard InChI is InChI=1S/C16H29N3/c1-12-8-15(19(5)18-12)9-14-10-16(2,3)7-6-13(14)11-17-4/h8,13-14,17H,6-7,9-11H2,1-5H3. The van der Waals surface area contributed by atoms with Gasteiger partial charge in [-0.3, -0.25) is 4.68 Å². The van der Waals surface area contributed by atoms with E-state index in [1.165, 1.54) is 31.4 Å². The molecule has 1 fully saturated rings. The van der Waals surface area contributed by atoms with Crippen LogP contribution in [0.3, 0.4) is 0 Å². The van der Waals surface area contributed by atoms with E-state index in [1.54, 1.807) is 0 Å². The van der Waals surface area contributed by atoms with Gasteiger partial charge in [0.25, 0.3) is 0 Å². The van der Waals surface area contributed by atoms with Gasteiger partial charge in [-0.1, -0.05) is 13.8 Å². The van der Waals surface area contributed by atoms with Crippen LogP contribution in [0.25, 0.3) is 0 Å². The van der Waals surface area contributed by atoms with Crippen LogP contribution in [-0.4, -0.2) is 23.4 Å². The van der Waals surface area contributed by atoms with Crippen LogP contribution in [0, 0.1) is 24.2 Å². The zero-order valence-electron chi connectivity index (χ0n) is 13.2. The minimum Gasteiger partial charge on any atom is -0.319 e. The molecule has 1 aromatic heterocycles. The summed E-state index contributed by atoms with van der Waals surface area (Å²) < 4.78 is 2.06. The van der Waals surface area contributed by atoms with Crippen molar-refractivity contribution in [1.29, 1.82) is 0 Å². The van der Waals surface area contributed by atoms with Gasteiger partial charge >= 0.3 is 0 Å².